The number of rotatable bonds is 2. The van der Waals surface area contributed by atoms with E-state index in [2.05, 4.69) is 0 Å². The van der Waals surface area contributed by atoms with Gasteiger partial charge in [0.15, 0.2) is 5.69 Å². The van der Waals surface area contributed by atoms with Gasteiger partial charge in [0.1, 0.15) is 12.4 Å². The van der Waals surface area contributed by atoms with Crippen molar-refractivity contribution in [2.45, 2.75) is 45.8 Å². The summed E-state index contributed by atoms with van der Waals surface area (Å²) in [5.41, 5.74) is 1.05. The average Bonchev–Trinajstić information content (AvgIpc) is 2.66. The molecule has 0 aromatic carbocycles. The molecule has 2 nitrogen and oxygen atoms in total. The molecule has 0 fully saturated rings. The van der Waals surface area contributed by atoms with E-state index in [0.29, 0.717) is 0 Å². The summed E-state index contributed by atoms with van der Waals surface area (Å²) < 4.78 is 42.0. The number of pyridine rings is 1. The number of halogens is 3. The highest BCUT2D eigenvalue weighted by atomic mass is 19.4. The average molecular weight is 271 g/mol. The van der Waals surface area contributed by atoms with Gasteiger partial charge >= 0.3 is 6.18 Å². The summed E-state index contributed by atoms with van der Waals surface area (Å²) in [7, 11) is 0. The zero-order valence-corrected chi connectivity index (χ0v) is 11.5. The third kappa shape index (κ3) is 2.46. The Labute approximate surface area is 110 Å². The molecule has 0 unspecified atom stereocenters. The van der Waals surface area contributed by atoms with Crippen molar-refractivity contribution in [3.05, 3.63) is 35.8 Å². The quantitative estimate of drug-likeness (QED) is 0.731. The van der Waals surface area contributed by atoms with Crippen LogP contribution in [-0.4, -0.2) is 4.40 Å². The monoisotopic (exact) mass is 271 g/mol. The predicted octanol–water partition coefficient (Wildman–Crippen LogP) is 3.95. The molecule has 104 valence electrons. The maximum absolute atomic E-state index is 12.8. The van der Waals surface area contributed by atoms with Gasteiger partial charge in [0.25, 0.3) is 5.65 Å². The first-order valence-electron chi connectivity index (χ1n) is 6.35. The SMILES string of the molecule is CC(C)c1c[n+](C(C)C)c2ccc(C(F)(F)F)cn12. The first-order valence-corrected chi connectivity index (χ1v) is 6.35. The molecular formula is C14H18F3N2+. The van der Waals surface area contributed by atoms with Crippen LogP contribution in [0.15, 0.2) is 24.5 Å². The molecule has 0 radical (unpaired) electrons. The molecule has 0 saturated carbocycles. The lowest BCUT2D eigenvalue weighted by Crippen LogP contribution is -2.34. The van der Waals surface area contributed by atoms with Crippen molar-refractivity contribution in [1.29, 1.82) is 0 Å². The van der Waals surface area contributed by atoms with Gasteiger partial charge in [-0.05, 0) is 19.9 Å². The van der Waals surface area contributed by atoms with E-state index in [1.807, 2.05) is 38.5 Å². The first-order chi connectivity index (χ1) is 8.71. The van der Waals surface area contributed by atoms with E-state index in [-0.39, 0.29) is 12.0 Å². The largest absolute Gasteiger partial charge is 0.419 e. The Bertz CT molecular complexity index is 594. The summed E-state index contributed by atoms with van der Waals surface area (Å²) in [4.78, 5) is 0. The Morgan fingerprint density at radius 2 is 1.74 bits per heavy atom. The topological polar surface area (TPSA) is 8.29 Å². The Hall–Kier alpha value is -1.52. The summed E-state index contributed by atoms with van der Waals surface area (Å²) in [5.74, 6) is 0.163. The van der Waals surface area contributed by atoms with Gasteiger partial charge in [-0.25, -0.2) is 4.57 Å². The van der Waals surface area contributed by atoms with Crippen molar-refractivity contribution in [2.24, 2.45) is 0 Å². The zero-order valence-electron chi connectivity index (χ0n) is 11.5. The van der Waals surface area contributed by atoms with E-state index in [1.54, 1.807) is 4.40 Å². The van der Waals surface area contributed by atoms with Gasteiger partial charge in [-0.2, -0.15) is 17.6 Å². The van der Waals surface area contributed by atoms with Crippen LogP contribution in [0.3, 0.4) is 0 Å². The minimum atomic E-state index is -4.31. The smallest absolute Gasteiger partial charge is 0.228 e. The number of nitrogens with zero attached hydrogens (tertiary/aromatic N) is 2. The van der Waals surface area contributed by atoms with Crippen LogP contribution in [0.25, 0.3) is 5.65 Å². The van der Waals surface area contributed by atoms with Crippen molar-refractivity contribution in [3.63, 3.8) is 0 Å². The maximum atomic E-state index is 12.8. The number of aromatic nitrogens is 2. The lowest BCUT2D eigenvalue weighted by atomic mass is 10.1. The van der Waals surface area contributed by atoms with Crippen molar-refractivity contribution >= 4 is 5.65 Å². The Morgan fingerprint density at radius 3 is 2.21 bits per heavy atom. The first kappa shape index (κ1) is 13.9. The molecule has 0 aliphatic rings. The van der Waals surface area contributed by atoms with Crippen LogP contribution >= 0.6 is 0 Å². The molecular weight excluding hydrogens is 253 g/mol. The highest BCUT2D eigenvalue weighted by Gasteiger charge is 2.33. The molecule has 2 rings (SSSR count). The van der Waals surface area contributed by atoms with E-state index in [4.69, 9.17) is 0 Å². The molecule has 0 bridgehead atoms. The molecule has 2 heterocycles. The maximum Gasteiger partial charge on any atom is 0.419 e. The van der Waals surface area contributed by atoms with Crippen LogP contribution < -0.4 is 4.57 Å². The van der Waals surface area contributed by atoms with Crippen molar-refractivity contribution in [2.75, 3.05) is 0 Å². The third-order valence-electron chi connectivity index (χ3n) is 3.22. The van der Waals surface area contributed by atoms with Gasteiger partial charge in [0.2, 0.25) is 0 Å². The van der Waals surface area contributed by atoms with Crippen LogP contribution in [-0.2, 0) is 6.18 Å². The minimum absolute atomic E-state index is 0.163. The van der Waals surface area contributed by atoms with Crippen molar-refractivity contribution < 1.29 is 17.7 Å². The molecule has 5 heteroatoms. The third-order valence-corrected chi connectivity index (χ3v) is 3.22. The lowest BCUT2D eigenvalue weighted by molar-refractivity contribution is -0.691. The standard InChI is InChI=1S/C14H18F3N2/c1-9(2)12-8-18(10(3)4)13-6-5-11(7-19(12)13)14(15,16)17/h5-10H,1-4H3/q+1. The minimum Gasteiger partial charge on any atom is -0.228 e. The molecule has 0 amide bonds. The molecule has 19 heavy (non-hydrogen) atoms. The predicted molar refractivity (Wildman–Crippen MR) is 67.1 cm³/mol. The Morgan fingerprint density at radius 1 is 1.11 bits per heavy atom. The fourth-order valence-electron chi connectivity index (χ4n) is 2.19. The normalized spacial score (nSPS) is 12.9. The lowest BCUT2D eigenvalue weighted by Gasteiger charge is -2.06. The highest BCUT2D eigenvalue weighted by Crippen LogP contribution is 2.30. The molecule has 0 atom stereocenters. The number of fused-ring (bicyclic) bond motifs is 1. The number of imidazole rings is 1. The number of alkyl halides is 3. The van der Waals surface area contributed by atoms with Crippen LogP contribution in [0.5, 0.6) is 0 Å². The van der Waals surface area contributed by atoms with E-state index in [9.17, 15) is 13.2 Å². The Kier molecular flexibility index (Phi) is 3.32. The molecule has 0 spiro atoms. The summed E-state index contributed by atoms with van der Waals surface area (Å²) in [5, 5.41) is 0. The summed E-state index contributed by atoms with van der Waals surface area (Å²) >= 11 is 0. The fraction of sp³-hybridized carbons (Fsp3) is 0.500. The number of hydrogen-bond acceptors (Lipinski definition) is 0. The molecule has 0 aliphatic carbocycles. The van der Waals surface area contributed by atoms with Crippen molar-refractivity contribution in [1.82, 2.24) is 4.40 Å². The van der Waals surface area contributed by atoms with Gasteiger partial charge < -0.3 is 0 Å². The van der Waals surface area contributed by atoms with Crippen LogP contribution in [0.4, 0.5) is 13.2 Å². The van der Waals surface area contributed by atoms with Gasteiger partial charge in [-0.1, -0.05) is 13.8 Å². The molecule has 0 saturated heterocycles. The second-order valence-electron chi connectivity index (χ2n) is 5.35. The van der Waals surface area contributed by atoms with E-state index in [0.717, 1.165) is 17.4 Å². The van der Waals surface area contributed by atoms with E-state index >= 15 is 0 Å². The van der Waals surface area contributed by atoms with Gasteiger partial charge in [-0.3, -0.25) is 0 Å². The van der Waals surface area contributed by atoms with Crippen LogP contribution in [0.1, 0.15) is 50.9 Å². The molecule has 2 aromatic rings. The van der Waals surface area contributed by atoms with Gasteiger partial charge in [0, 0.05) is 12.0 Å². The molecule has 2 aromatic heterocycles. The summed E-state index contributed by atoms with van der Waals surface area (Å²) in [6.07, 6.45) is -1.19. The summed E-state index contributed by atoms with van der Waals surface area (Å²) in [6, 6.07) is 2.88. The molecule has 0 aliphatic heterocycles. The van der Waals surface area contributed by atoms with Crippen LogP contribution in [0, 0.1) is 0 Å². The summed E-state index contributed by atoms with van der Waals surface area (Å²) in [6.45, 7) is 7.99. The van der Waals surface area contributed by atoms with Crippen LogP contribution in [0.2, 0.25) is 0 Å². The van der Waals surface area contributed by atoms with Crippen molar-refractivity contribution in [3.8, 4) is 0 Å². The van der Waals surface area contributed by atoms with E-state index in [1.165, 1.54) is 12.3 Å². The molecule has 0 N–H and O–H groups in total. The number of hydrogen-bond donors (Lipinski definition) is 0. The van der Waals surface area contributed by atoms with Gasteiger partial charge in [0.05, 0.1) is 11.6 Å². The zero-order chi connectivity index (χ0) is 14.4. The van der Waals surface area contributed by atoms with E-state index < -0.39 is 11.7 Å². The highest BCUT2D eigenvalue weighted by molar-refractivity contribution is 5.38. The van der Waals surface area contributed by atoms with Gasteiger partial charge in [-0.15, -0.1) is 0 Å². The second-order valence-corrected chi connectivity index (χ2v) is 5.35. The second kappa shape index (κ2) is 4.54. The fourth-order valence-corrected chi connectivity index (χ4v) is 2.19. The Balaban J connectivity index is 2.73.